The first kappa shape index (κ1) is 19.9. The predicted octanol–water partition coefficient (Wildman–Crippen LogP) is 6.75. The third-order valence-corrected chi connectivity index (χ3v) is 6.57. The molecule has 0 spiro atoms. The van der Waals surface area contributed by atoms with Gasteiger partial charge in [-0.3, -0.25) is 9.78 Å². The summed E-state index contributed by atoms with van der Waals surface area (Å²) >= 11 is 5.93. The second-order valence-electron chi connectivity index (χ2n) is 8.27. The number of carbonyl (C=O) groups excluding carboxylic acids is 1. The van der Waals surface area contributed by atoms with Gasteiger partial charge in [0.25, 0.3) is 0 Å². The Balaban J connectivity index is 1.41. The Morgan fingerprint density at radius 1 is 1.07 bits per heavy atom. The van der Waals surface area contributed by atoms with Gasteiger partial charge in [0.15, 0.2) is 0 Å². The molecule has 0 unspecified atom stereocenters. The highest BCUT2D eigenvalue weighted by molar-refractivity contribution is 6.30. The van der Waals surface area contributed by atoms with E-state index in [2.05, 4.69) is 54.5 Å². The van der Waals surface area contributed by atoms with Crippen molar-refractivity contribution in [3.05, 3.63) is 70.9 Å². The van der Waals surface area contributed by atoms with Gasteiger partial charge in [-0.1, -0.05) is 36.7 Å². The first-order valence-electron chi connectivity index (χ1n) is 10.4. The maximum Gasteiger partial charge on any atom is 0.227 e. The molecule has 2 aromatic carbocycles. The third kappa shape index (κ3) is 4.45. The normalized spacial score (nSPS) is 20.4. The Morgan fingerprint density at radius 2 is 1.76 bits per heavy atom. The van der Waals surface area contributed by atoms with E-state index in [1.165, 1.54) is 10.9 Å². The van der Waals surface area contributed by atoms with Crippen LogP contribution < -0.4 is 5.32 Å². The van der Waals surface area contributed by atoms with Crippen LogP contribution in [0, 0.1) is 18.8 Å². The van der Waals surface area contributed by atoms with Crippen LogP contribution in [0.5, 0.6) is 0 Å². The zero-order valence-corrected chi connectivity index (χ0v) is 17.7. The minimum Gasteiger partial charge on any atom is -0.326 e. The number of rotatable bonds is 4. The van der Waals surface area contributed by atoms with Crippen molar-refractivity contribution >= 4 is 34.1 Å². The van der Waals surface area contributed by atoms with E-state index in [4.69, 9.17) is 11.6 Å². The van der Waals surface area contributed by atoms with Crippen molar-refractivity contribution in [1.82, 2.24) is 4.98 Å². The molecule has 150 valence electrons. The standard InChI is InChI=1S/C25H27ClN2O/c1-16-15-23(22-5-3-4-6-24(22)27-16)19-9-7-18(8-10-19)17(2)25(29)28-21-13-11-20(26)12-14-21/h3-6,11-15,17-19H,7-10H2,1-2H3,(H,28,29)/t17-,18?,19?/m1/s1. The molecule has 1 N–H and O–H groups in total. The fourth-order valence-corrected chi connectivity index (χ4v) is 4.74. The summed E-state index contributed by atoms with van der Waals surface area (Å²) in [5.74, 6) is 1.07. The highest BCUT2D eigenvalue weighted by Crippen LogP contribution is 2.41. The predicted molar refractivity (Wildman–Crippen MR) is 120 cm³/mol. The lowest BCUT2D eigenvalue weighted by molar-refractivity contribution is -0.121. The average Bonchev–Trinajstić information content (AvgIpc) is 2.74. The summed E-state index contributed by atoms with van der Waals surface area (Å²) in [5, 5.41) is 4.98. The van der Waals surface area contributed by atoms with E-state index in [-0.39, 0.29) is 11.8 Å². The molecular formula is C25H27ClN2O. The number of pyridine rings is 1. The Labute approximate surface area is 177 Å². The van der Waals surface area contributed by atoms with E-state index in [0.717, 1.165) is 42.6 Å². The van der Waals surface area contributed by atoms with E-state index < -0.39 is 0 Å². The maximum atomic E-state index is 12.7. The number of aromatic nitrogens is 1. The Hall–Kier alpha value is -2.39. The average molecular weight is 407 g/mol. The van der Waals surface area contributed by atoms with Crippen molar-refractivity contribution in [1.29, 1.82) is 0 Å². The molecule has 1 saturated carbocycles. The summed E-state index contributed by atoms with van der Waals surface area (Å²) in [4.78, 5) is 17.4. The molecule has 0 aliphatic heterocycles. The summed E-state index contributed by atoms with van der Waals surface area (Å²) in [6, 6.07) is 18.0. The van der Waals surface area contributed by atoms with Gasteiger partial charge in [-0.05, 0) is 86.4 Å². The van der Waals surface area contributed by atoms with Gasteiger partial charge in [0, 0.05) is 27.7 Å². The fourth-order valence-electron chi connectivity index (χ4n) is 4.61. The largest absolute Gasteiger partial charge is 0.326 e. The van der Waals surface area contributed by atoms with Gasteiger partial charge in [0.05, 0.1) is 5.52 Å². The summed E-state index contributed by atoms with van der Waals surface area (Å²) in [7, 11) is 0. The van der Waals surface area contributed by atoms with Crippen LogP contribution in [0.1, 0.15) is 49.8 Å². The molecule has 3 aromatic rings. The van der Waals surface area contributed by atoms with Crippen molar-refractivity contribution in [2.24, 2.45) is 11.8 Å². The molecular weight excluding hydrogens is 380 g/mol. The van der Waals surface area contributed by atoms with Crippen LogP contribution in [-0.4, -0.2) is 10.9 Å². The van der Waals surface area contributed by atoms with Crippen LogP contribution in [0.25, 0.3) is 10.9 Å². The molecule has 3 nitrogen and oxygen atoms in total. The van der Waals surface area contributed by atoms with Gasteiger partial charge in [0.1, 0.15) is 0 Å². The van der Waals surface area contributed by atoms with Crippen molar-refractivity contribution in [3.63, 3.8) is 0 Å². The Morgan fingerprint density at radius 3 is 2.48 bits per heavy atom. The van der Waals surface area contributed by atoms with Crippen LogP contribution in [0.3, 0.4) is 0 Å². The highest BCUT2D eigenvalue weighted by Gasteiger charge is 2.30. The number of para-hydroxylation sites is 1. The number of nitrogens with zero attached hydrogens (tertiary/aromatic N) is 1. The summed E-state index contributed by atoms with van der Waals surface area (Å²) < 4.78 is 0. The summed E-state index contributed by atoms with van der Waals surface area (Å²) in [6.45, 7) is 4.13. The lowest BCUT2D eigenvalue weighted by atomic mass is 9.73. The van der Waals surface area contributed by atoms with Crippen molar-refractivity contribution in [3.8, 4) is 0 Å². The number of hydrogen-bond donors (Lipinski definition) is 1. The SMILES string of the molecule is Cc1cc(C2CCC([C@@H](C)C(=O)Nc3ccc(Cl)cc3)CC2)c2ccccc2n1. The molecule has 1 atom stereocenters. The van der Waals surface area contributed by atoms with Crippen molar-refractivity contribution in [2.45, 2.75) is 45.4 Å². The van der Waals surface area contributed by atoms with Gasteiger partial charge < -0.3 is 5.32 Å². The molecule has 1 fully saturated rings. The molecule has 1 aromatic heterocycles. The van der Waals surface area contributed by atoms with Crippen molar-refractivity contribution < 1.29 is 4.79 Å². The van der Waals surface area contributed by atoms with Gasteiger partial charge in [-0.25, -0.2) is 0 Å². The number of halogens is 1. The summed E-state index contributed by atoms with van der Waals surface area (Å²) in [6.07, 6.45) is 4.40. The number of aryl methyl sites for hydroxylation is 1. The monoisotopic (exact) mass is 406 g/mol. The Kier molecular flexibility index (Phi) is 5.86. The topological polar surface area (TPSA) is 42.0 Å². The van der Waals surface area contributed by atoms with E-state index >= 15 is 0 Å². The minimum absolute atomic E-state index is 0.00236. The first-order valence-corrected chi connectivity index (χ1v) is 10.8. The van der Waals surface area contributed by atoms with Crippen molar-refractivity contribution in [2.75, 3.05) is 5.32 Å². The quantitative estimate of drug-likeness (QED) is 0.520. The van der Waals surface area contributed by atoms with E-state index in [0.29, 0.717) is 16.9 Å². The lowest BCUT2D eigenvalue weighted by Crippen LogP contribution is -2.29. The third-order valence-electron chi connectivity index (χ3n) is 6.32. The zero-order chi connectivity index (χ0) is 20.4. The maximum absolute atomic E-state index is 12.7. The van der Waals surface area contributed by atoms with Crippen LogP contribution in [-0.2, 0) is 4.79 Å². The zero-order valence-electron chi connectivity index (χ0n) is 17.0. The van der Waals surface area contributed by atoms with E-state index in [1.807, 2.05) is 12.1 Å². The van der Waals surface area contributed by atoms with Crippen LogP contribution in [0.4, 0.5) is 5.69 Å². The van der Waals surface area contributed by atoms with Gasteiger partial charge in [-0.15, -0.1) is 0 Å². The number of carbonyl (C=O) groups is 1. The number of anilines is 1. The van der Waals surface area contributed by atoms with Gasteiger partial charge in [0.2, 0.25) is 5.91 Å². The molecule has 4 heteroatoms. The lowest BCUT2D eigenvalue weighted by Gasteiger charge is -2.32. The second kappa shape index (κ2) is 8.54. The molecule has 1 aliphatic rings. The number of amides is 1. The second-order valence-corrected chi connectivity index (χ2v) is 8.70. The highest BCUT2D eigenvalue weighted by atomic mass is 35.5. The molecule has 0 bridgehead atoms. The fraction of sp³-hybridized carbons (Fsp3) is 0.360. The molecule has 1 heterocycles. The first-order chi connectivity index (χ1) is 14.0. The number of benzene rings is 2. The summed E-state index contributed by atoms with van der Waals surface area (Å²) in [5.41, 5.74) is 4.39. The molecule has 29 heavy (non-hydrogen) atoms. The minimum atomic E-state index is 0.00236. The number of fused-ring (bicyclic) bond motifs is 1. The number of hydrogen-bond acceptors (Lipinski definition) is 2. The molecule has 1 amide bonds. The molecule has 0 saturated heterocycles. The van der Waals surface area contributed by atoms with Gasteiger partial charge in [-0.2, -0.15) is 0 Å². The van der Waals surface area contributed by atoms with Gasteiger partial charge >= 0.3 is 0 Å². The van der Waals surface area contributed by atoms with Crippen LogP contribution in [0.15, 0.2) is 54.6 Å². The van der Waals surface area contributed by atoms with E-state index in [1.54, 1.807) is 12.1 Å². The molecule has 0 radical (unpaired) electrons. The number of nitrogens with one attached hydrogen (secondary N) is 1. The smallest absolute Gasteiger partial charge is 0.227 e. The molecule has 4 rings (SSSR count). The van der Waals surface area contributed by atoms with Crippen LogP contribution >= 0.6 is 11.6 Å². The Bertz CT molecular complexity index is 1010. The molecule has 1 aliphatic carbocycles. The van der Waals surface area contributed by atoms with Crippen LogP contribution in [0.2, 0.25) is 5.02 Å². The van der Waals surface area contributed by atoms with E-state index in [9.17, 15) is 4.79 Å².